The van der Waals surface area contributed by atoms with Crippen LogP contribution < -0.4 is 9.47 Å². The molecule has 5 heteroatoms. The van der Waals surface area contributed by atoms with Crippen LogP contribution in [0.2, 0.25) is 0 Å². The van der Waals surface area contributed by atoms with E-state index in [1.54, 1.807) is 0 Å². The number of ether oxygens (including phenoxy) is 2. The summed E-state index contributed by atoms with van der Waals surface area (Å²) in [6.07, 6.45) is 24.1. The third kappa shape index (κ3) is 17.7. The summed E-state index contributed by atoms with van der Waals surface area (Å²) >= 11 is 0. The molecule has 1 N–H and O–H groups in total. The van der Waals surface area contributed by atoms with Crippen LogP contribution in [0, 0.1) is 5.92 Å². The lowest BCUT2D eigenvalue weighted by molar-refractivity contribution is 0.101. The molecule has 1 aliphatic heterocycles. The highest BCUT2D eigenvalue weighted by Crippen LogP contribution is 2.26. The number of piperazine rings is 1. The van der Waals surface area contributed by atoms with Crippen molar-refractivity contribution in [3.63, 3.8) is 0 Å². The molecule has 0 bridgehead atoms. The van der Waals surface area contributed by atoms with E-state index in [0.29, 0.717) is 12.5 Å². The van der Waals surface area contributed by atoms with Crippen molar-refractivity contribution in [1.29, 1.82) is 0 Å². The summed E-state index contributed by atoms with van der Waals surface area (Å²) in [5.74, 6) is 2.56. The first-order chi connectivity index (χ1) is 20.7. The summed E-state index contributed by atoms with van der Waals surface area (Å²) in [7, 11) is 0. The predicted molar refractivity (Wildman–Crippen MR) is 180 cm³/mol. The lowest BCUT2D eigenvalue weighted by Crippen LogP contribution is -2.48. The molecule has 1 fully saturated rings. The quantitative estimate of drug-likeness (QED) is 0.104. The summed E-state index contributed by atoms with van der Waals surface area (Å²) in [4.78, 5) is 4.81. The minimum Gasteiger partial charge on any atom is -0.493 e. The molecule has 1 saturated heterocycles. The number of rotatable bonds is 27. The highest BCUT2D eigenvalue weighted by atomic mass is 16.5. The topological polar surface area (TPSA) is 45.2 Å². The normalized spacial score (nSPS) is 15.2. The largest absolute Gasteiger partial charge is 0.493 e. The number of benzene rings is 1. The van der Waals surface area contributed by atoms with E-state index in [2.05, 4.69) is 48.8 Å². The summed E-state index contributed by atoms with van der Waals surface area (Å²) in [5.41, 5.74) is 1.35. The van der Waals surface area contributed by atoms with Crippen LogP contribution in [0.5, 0.6) is 11.5 Å². The van der Waals surface area contributed by atoms with E-state index in [1.807, 2.05) is 0 Å². The lowest BCUT2D eigenvalue weighted by Gasteiger charge is -2.34. The van der Waals surface area contributed by atoms with Crippen molar-refractivity contribution >= 4 is 0 Å². The number of β-amino-alcohol motifs (C(OH)–C–C–N with tert-alkyl or cyclic N) is 1. The Morgan fingerprint density at radius 2 is 1.17 bits per heavy atom. The molecule has 1 unspecified atom stereocenters. The van der Waals surface area contributed by atoms with E-state index in [9.17, 15) is 5.11 Å². The maximum absolute atomic E-state index is 9.19. The molecule has 0 spiro atoms. The summed E-state index contributed by atoms with van der Waals surface area (Å²) in [6, 6.07) is 6.63. The van der Waals surface area contributed by atoms with Crippen LogP contribution in [0.3, 0.4) is 0 Å². The van der Waals surface area contributed by atoms with Crippen LogP contribution in [0.4, 0.5) is 0 Å². The van der Waals surface area contributed by atoms with Gasteiger partial charge in [-0.15, -0.1) is 0 Å². The smallest absolute Gasteiger partial charge is 0.123 e. The predicted octanol–water partition coefficient (Wildman–Crippen LogP) is 8.90. The molecular weight excluding hydrogens is 520 g/mol. The highest BCUT2D eigenvalue weighted by molar-refractivity contribution is 5.38. The van der Waals surface area contributed by atoms with Gasteiger partial charge in [-0.3, -0.25) is 9.80 Å². The fourth-order valence-corrected chi connectivity index (χ4v) is 6.07. The van der Waals surface area contributed by atoms with Gasteiger partial charge >= 0.3 is 0 Å². The van der Waals surface area contributed by atoms with Crippen molar-refractivity contribution in [3.05, 3.63) is 23.8 Å². The van der Waals surface area contributed by atoms with Gasteiger partial charge in [-0.25, -0.2) is 0 Å². The summed E-state index contributed by atoms with van der Waals surface area (Å²) in [5, 5.41) is 9.19. The fourth-order valence-electron chi connectivity index (χ4n) is 6.07. The van der Waals surface area contributed by atoms with Gasteiger partial charge in [-0.05, 0) is 42.9 Å². The molecule has 1 aromatic rings. The average Bonchev–Trinajstić information content (AvgIpc) is 3.00. The average molecular weight is 589 g/mol. The van der Waals surface area contributed by atoms with E-state index < -0.39 is 0 Å². The molecule has 1 aromatic carbocycles. The minimum atomic E-state index is 0.251. The number of nitrogens with zero attached hydrogens (tertiary/aromatic N) is 2. The Kier molecular flexibility index (Phi) is 22.0. The van der Waals surface area contributed by atoms with Gasteiger partial charge in [0.1, 0.15) is 18.1 Å². The third-order valence-corrected chi connectivity index (χ3v) is 9.10. The molecule has 244 valence electrons. The van der Waals surface area contributed by atoms with Gasteiger partial charge in [-0.2, -0.15) is 0 Å². The first-order valence-electron chi connectivity index (χ1n) is 18.1. The van der Waals surface area contributed by atoms with Crippen molar-refractivity contribution in [2.45, 2.75) is 136 Å². The molecule has 0 amide bonds. The monoisotopic (exact) mass is 589 g/mol. The third-order valence-electron chi connectivity index (χ3n) is 9.10. The lowest BCUT2D eigenvalue weighted by atomic mass is 10.0. The number of hydrogen-bond donors (Lipinski definition) is 1. The SMILES string of the molecule is CCCCCCCCCCCCCCCc1cc(OCCN2CCN(CCO)CC2)cc(OCC(CC)CCCC)c1. The van der Waals surface area contributed by atoms with Crippen LogP contribution in [-0.4, -0.2) is 74.0 Å². The molecule has 5 nitrogen and oxygen atoms in total. The first-order valence-corrected chi connectivity index (χ1v) is 18.1. The zero-order valence-corrected chi connectivity index (χ0v) is 28.1. The summed E-state index contributed by atoms with van der Waals surface area (Å²) in [6.45, 7) is 14.5. The maximum atomic E-state index is 9.19. The van der Waals surface area contributed by atoms with Crippen molar-refractivity contribution in [2.75, 3.05) is 59.1 Å². The Balaban J connectivity index is 1.74. The van der Waals surface area contributed by atoms with E-state index in [-0.39, 0.29) is 6.61 Å². The molecule has 2 rings (SSSR count). The Labute approximate surface area is 260 Å². The second kappa shape index (κ2) is 25.1. The van der Waals surface area contributed by atoms with Crippen molar-refractivity contribution in [3.8, 4) is 11.5 Å². The van der Waals surface area contributed by atoms with E-state index in [1.165, 1.54) is 115 Å². The Hall–Kier alpha value is -1.30. The summed E-state index contributed by atoms with van der Waals surface area (Å²) < 4.78 is 12.7. The molecule has 42 heavy (non-hydrogen) atoms. The van der Waals surface area contributed by atoms with Gasteiger partial charge in [0.15, 0.2) is 0 Å². The fraction of sp³-hybridized carbons (Fsp3) is 0.838. The van der Waals surface area contributed by atoms with Crippen molar-refractivity contribution in [1.82, 2.24) is 9.80 Å². The highest BCUT2D eigenvalue weighted by Gasteiger charge is 2.16. The molecule has 0 saturated carbocycles. The number of hydrogen-bond acceptors (Lipinski definition) is 5. The Bertz CT molecular complexity index is 751. The molecular formula is C37H68N2O3. The zero-order chi connectivity index (χ0) is 30.1. The van der Waals surface area contributed by atoms with Crippen LogP contribution in [0.25, 0.3) is 0 Å². The maximum Gasteiger partial charge on any atom is 0.123 e. The number of aryl methyl sites for hydroxylation is 1. The van der Waals surface area contributed by atoms with E-state index in [0.717, 1.165) is 63.8 Å². The van der Waals surface area contributed by atoms with Crippen LogP contribution >= 0.6 is 0 Å². The molecule has 1 heterocycles. The Morgan fingerprint density at radius 1 is 0.643 bits per heavy atom. The molecule has 1 aliphatic rings. The van der Waals surface area contributed by atoms with Crippen molar-refractivity contribution < 1.29 is 14.6 Å². The second-order valence-corrected chi connectivity index (χ2v) is 12.8. The van der Waals surface area contributed by atoms with Crippen LogP contribution in [-0.2, 0) is 6.42 Å². The Morgan fingerprint density at radius 3 is 1.71 bits per heavy atom. The molecule has 0 aliphatic carbocycles. The number of aliphatic hydroxyl groups excluding tert-OH is 1. The zero-order valence-electron chi connectivity index (χ0n) is 28.1. The standard InChI is InChI=1S/C37H68N2O3/c1-4-7-9-10-11-12-13-14-15-16-17-18-19-21-35-30-36(32-37(31-35)42-33-34(6-3)20-8-5-2)41-29-27-39-24-22-38(23-25-39)26-28-40/h30-32,34,40H,4-29,33H2,1-3H3. The van der Waals surface area contributed by atoms with Crippen molar-refractivity contribution in [2.24, 2.45) is 5.92 Å². The first kappa shape index (κ1) is 36.9. The van der Waals surface area contributed by atoms with Gasteiger partial charge in [0.25, 0.3) is 0 Å². The van der Waals surface area contributed by atoms with Gasteiger partial charge in [0, 0.05) is 45.3 Å². The van der Waals surface area contributed by atoms with Crippen LogP contribution in [0.15, 0.2) is 18.2 Å². The van der Waals surface area contributed by atoms with Gasteiger partial charge in [0.2, 0.25) is 0 Å². The van der Waals surface area contributed by atoms with Gasteiger partial charge in [0.05, 0.1) is 13.2 Å². The molecule has 1 atom stereocenters. The second-order valence-electron chi connectivity index (χ2n) is 12.8. The van der Waals surface area contributed by atoms with E-state index in [4.69, 9.17) is 9.47 Å². The number of unbranched alkanes of at least 4 members (excludes halogenated alkanes) is 13. The number of aliphatic hydroxyl groups is 1. The van der Waals surface area contributed by atoms with Crippen LogP contribution in [0.1, 0.15) is 135 Å². The van der Waals surface area contributed by atoms with Gasteiger partial charge in [-0.1, -0.05) is 117 Å². The minimum absolute atomic E-state index is 0.251. The molecule has 0 radical (unpaired) electrons. The van der Waals surface area contributed by atoms with E-state index >= 15 is 0 Å². The molecule has 0 aromatic heterocycles. The van der Waals surface area contributed by atoms with Gasteiger partial charge < -0.3 is 14.6 Å².